The van der Waals surface area contributed by atoms with Gasteiger partial charge in [0, 0.05) is 20.2 Å². The van der Waals surface area contributed by atoms with Crippen molar-refractivity contribution >= 4 is 11.9 Å². The normalized spacial score (nSPS) is 17.6. The van der Waals surface area contributed by atoms with Crippen LogP contribution in [0.15, 0.2) is 4.99 Å². The summed E-state index contributed by atoms with van der Waals surface area (Å²) in [6.45, 7) is 9.26. The molecule has 140 valence electrons. The van der Waals surface area contributed by atoms with Crippen molar-refractivity contribution in [2.24, 2.45) is 10.9 Å². The molecule has 6 heteroatoms. The average Bonchev–Trinajstić information content (AvgIpc) is 3.02. The molecule has 1 fully saturated rings. The summed E-state index contributed by atoms with van der Waals surface area (Å²) in [5.41, 5.74) is -0.471. The second-order valence-electron chi connectivity index (χ2n) is 7.27. The predicted octanol–water partition coefficient (Wildman–Crippen LogP) is 2.48. The molecule has 6 nitrogen and oxygen atoms in total. The lowest BCUT2D eigenvalue weighted by Crippen LogP contribution is -2.42. The Balaban J connectivity index is 2.30. The van der Waals surface area contributed by atoms with Crippen LogP contribution in [0.5, 0.6) is 0 Å². The highest BCUT2D eigenvalue weighted by Gasteiger charge is 2.25. The van der Waals surface area contributed by atoms with Crippen LogP contribution >= 0.6 is 0 Å². The molecule has 0 aromatic carbocycles. The lowest BCUT2D eigenvalue weighted by Gasteiger charge is -2.24. The van der Waals surface area contributed by atoms with Gasteiger partial charge in [-0.15, -0.1) is 0 Å². The molecule has 1 unspecified atom stereocenters. The number of hydrogen-bond donors (Lipinski definition) is 2. The molecule has 0 amide bonds. The predicted molar refractivity (Wildman–Crippen MR) is 97.2 cm³/mol. The number of nitrogens with one attached hydrogen (secondary N) is 2. The van der Waals surface area contributed by atoms with Crippen LogP contribution in [-0.2, 0) is 14.3 Å². The smallest absolute Gasteiger partial charge is 0.325 e. The van der Waals surface area contributed by atoms with Crippen LogP contribution in [0, 0.1) is 5.92 Å². The zero-order chi connectivity index (χ0) is 18.0. The Hall–Kier alpha value is -1.30. The van der Waals surface area contributed by atoms with E-state index in [2.05, 4.69) is 22.5 Å². The van der Waals surface area contributed by atoms with Crippen molar-refractivity contribution in [3.63, 3.8) is 0 Å². The number of ether oxygens (including phenoxy) is 2. The minimum atomic E-state index is -0.471. The number of nitrogens with zero attached hydrogens (tertiary/aromatic N) is 1. The summed E-state index contributed by atoms with van der Waals surface area (Å²) in [6, 6.07) is 0. The molecule has 0 radical (unpaired) electrons. The third-order valence-electron chi connectivity index (χ3n) is 4.07. The number of guanidine groups is 1. The lowest BCUT2D eigenvalue weighted by molar-refractivity contribution is -0.153. The maximum absolute atomic E-state index is 11.7. The first-order chi connectivity index (χ1) is 11.4. The molecule has 1 saturated carbocycles. The van der Waals surface area contributed by atoms with Crippen molar-refractivity contribution in [2.45, 2.75) is 71.5 Å². The van der Waals surface area contributed by atoms with Crippen molar-refractivity contribution in [1.29, 1.82) is 0 Å². The summed E-state index contributed by atoms with van der Waals surface area (Å²) in [6.07, 6.45) is 6.45. The molecule has 0 spiro atoms. The van der Waals surface area contributed by atoms with Crippen LogP contribution in [0.4, 0.5) is 0 Å². The molecule has 0 aromatic heterocycles. The van der Waals surface area contributed by atoms with Crippen LogP contribution in [0.3, 0.4) is 0 Å². The van der Waals surface area contributed by atoms with E-state index in [0.29, 0.717) is 18.0 Å². The number of carbonyl (C=O) groups is 1. The van der Waals surface area contributed by atoms with Crippen molar-refractivity contribution in [3.8, 4) is 0 Å². The summed E-state index contributed by atoms with van der Waals surface area (Å²) >= 11 is 0. The monoisotopic (exact) mass is 341 g/mol. The van der Waals surface area contributed by atoms with E-state index in [-0.39, 0.29) is 12.5 Å². The second kappa shape index (κ2) is 10.5. The first-order valence-corrected chi connectivity index (χ1v) is 9.13. The third-order valence-corrected chi connectivity index (χ3v) is 4.07. The molecular weight excluding hydrogens is 306 g/mol. The summed E-state index contributed by atoms with van der Waals surface area (Å²) in [5.74, 6) is 1.01. The molecule has 2 N–H and O–H groups in total. The zero-order valence-electron chi connectivity index (χ0n) is 16.0. The maximum atomic E-state index is 11.7. The van der Waals surface area contributed by atoms with Gasteiger partial charge in [0.15, 0.2) is 5.96 Å². The highest BCUT2D eigenvalue weighted by molar-refractivity contribution is 5.84. The topological polar surface area (TPSA) is 72.0 Å². The molecule has 0 aromatic rings. The summed E-state index contributed by atoms with van der Waals surface area (Å²) in [7, 11) is 1.70. The van der Waals surface area contributed by atoms with Crippen molar-refractivity contribution in [3.05, 3.63) is 0 Å². The van der Waals surface area contributed by atoms with E-state index in [1.807, 2.05) is 20.8 Å². The van der Waals surface area contributed by atoms with E-state index in [9.17, 15) is 4.79 Å². The molecule has 24 heavy (non-hydrogen) atoms. The fourth-order valence-corrected chi connectivity index (χ4v) is 3.09. The van der Waals surface area contributed by atoms with E-state index in [0.717, 1.165) is 19.6 Å². The lowest BCUT2D eigenvalue weighted by atomic mass is 9.98. The number of aliphatic imine (C=N–C) groups is 1. The van der Waals surface area contributed by atoms with Crippen LogP contribution in [0.1, 0.15) is 59.8 Å². The van der Waals surface area contributed by atoms with Gasteiger partial charge in [-0.2, -0.15) is 0 Å². The van der Waals surface area contributed by atoms with Crippen LogP contribution in [0.25, 0.3) is 0 Å². The largest absolute Gasteiger partial charge is 0.459 e. The van der Waals surface area contributed by atoms with Crippen molar-refractivity contribution in [2.75, 3.05) is 26.7 Å². The summed E-state index contributed by atoms with van der Waals surface area (Å²) in [4.78, 5) is 15.9. The van der Waals surface area contributed by atoms with E-state index < -0.39 is 5.60 Å². The SMILES string of the molecule is CCOC(CCNC(=NC)NCC(=O)OC(C)(C)C)C1CCCC1. The van der Waals surface area contributed by atoms with Gasteiger partial charge in [0.25, 0.3) is 0 Å². The number of carbonyl (C=O) groups excluding carboxylic acids is 1. The average molecular weight is 341 g/mol. The van der Waals surface area contributed by atoms with Gasteiger partial charge in [-0.05, 0) is 52.9 Å². The summed E-state index contributed by atoms with van der Waals surface area (Å²) < 4.78 is 11.2. The molecule has 1 aliphatic carbocycles. The number of rotatable bonds is 8. The van der Waals surface area contributed by atoms with E-state index in [1.165, 1.54) is 25.7 Å². The quantitative estimate of drug-likeness (QED) is 0.403. The Morgan fingerprint density at radius 2 is 1.92 bits per heavy atom. The number of hydrogen-bond acceptors (Lipinski definition) is 4. The molecular formula is C18H35N3O3. The molecule has 1 rings (SSSR count). The van der Waals surface area contributed by atoms with Crippen LogP contribution < -0.4 is 10.6 Å². The minimum absolute atomic E-state index is 0.106. The first kappa shape index (κ1) is 20.7. The molecule has 1 aliphatic rings. The zero-order valence-corrected chi connectivity index (χ0v) is 16.0. The van der Waals surface area contributed by atoms with Gasteiger partial charge < -0.3 is 20.1 Å². The maximum Gasteiger partial charge on any atom is 0.325 e. The van der Waals surface area contributed by atoms with E-state index in [1.54, 1.807) is 7.05 Å². The van der Waals surface area contributed by atoms with Crippen molar-refractivity contribution < 1.29 is 14.3 Å². The molecule has 1 atom stereocenters. The Bertz CT molecular complexity index is 399. The summed E-state index contributed by atoms with van der Waals surface area (Å²) in [5, 5.41) is 6.24. The highest BCUT2D eigenvalue weighted by Crippen LogP contribution is 2.30. The fraction of sp³-hybridized carbons (Fsp3) is 0.889. The van der Waals surface area contributed by atoms with Gasteiger partial charge in [0.2, 0.25) is 0 Å². The van der Waals surface area contributed by atoms with Gasteiger partial charge in [0.1, 0.15) is 12.1 Å². The van der Waals surface area contributed by atoms with E-state index >= 15 is 0 Å². The highest BCUT2D eigenvalue weighted by atomic mass is 16.6. The Morgan fingerprint density at radius 1 is 1.25 bits per heavy atom. The van der Waals surface area contributed by atoms with Crippen LogP contribution in [0.2, 0.25) is 0 Å². The van der Waals surface area contributed by atoms with Crippen LogP contribution in [-0.4, -0.2) is 50.4 Å². The number of esters is 1. The second-order valence-corrected chi connectivity index (χ2v) is 7.27. The van der Waals surface area contributed by atoms with Gasteiger partial charge in [-0.3, -0.25) is 9.79 Å². The van der Waals surface area contributed by atoms with Crippen molar-refractivity contribution in [1.82, 2.24) is 10.6 Å². The van der Waals surface area contributed by atoms with Gasteiger partial charge in [0.05, 0.1) is 6.10 Å². The standard InChI is InChI=1S/C18H35N3O3/c1-6-23-15(14-9-7-8-10-14)11-12-20-17(19-5)21-13-16(22)24-18(2,3)4/h14-15H,6-13H2,1-5H3,(H2,19,20,21). The molecule has 0 bridgehead atoms. The minimum Gasteiger partial charge on any atom is -0.459 e. The Kier molecular flexibility index (Phi) is 9.11. The molecule has 0 saturated heterocycles. The Morgan fingerprint density at radius 3 is 2.46 bits per heavy atom. The fourth-order valence-electron chi connectivity index (χ4n) is 3.09. The third kappa shape index (κ3) is 8.52. The molecule has 0 heterocycles. The van der Waals surface area contributed by atoms with Gasteiger partial charge >= 0.3 is 5.97 Å². The van der Waals surface area contributed by atoms with Gasteiger partial charge in [-0.25, -0.2) is 0 Å². The molecule has 0 aliphatic heterocycles. The van der Waals surface area contributed by atoms with Gasteiger partial charge in [-0.1, -0.05) is 12.8 Å². The first-order valence-electron chi connectivity index (χ1n) is 9.13. The Labute approximate surface area is 146 Å². The van der Waals surface area contributed by atoms with E-state index in [4.69, 9.17) is 9.47 Å².